The van der Waals surface area contributed by atoms with E-state index < -0.39 is 8.69 Å². The molecule has 0 amide bonds. The molecule has 1 rings (SSSR count). The molecule has 1 aromatic rings. The van der Waals surface area contributed by atoms with Crippen LogP contribution in [-0.4, -0.2) is 59.1 Å². The van der Waals surface area contributed by atoms with Gasteiger partial charge in [-0.15, -0.1) is 0 Å². The maximum atomic E-state index is 9.90. The van der Waals surface area contributed by atoms with Crippen molar-refractivity contribution in [1.82, 2.24) is 0 Å². The first kappa shape index (κ1) is 14.6. The SMILES string of the molecule is O=[PH+]Oc1ccccc1.[Na].[Na]. The van der Waals surface area contributed by atoms with Gasteiger partial charge in [-0.25, -0.2) is 0 Å². The van der Waals surface area contributed by atoms with Crippen molar-refractivity contribution in [1.29, 1.82) is 0 Å². The van der Waals surface area contributed by atoms with Crippen LogP contribution in [0.5, 0.6) is 5.75 Å². The van der Waals surface area contributed by atoms with E-state index in [9.17, 15) is 4.57 Å². The second kappa shape index (κ2) is 9.21. The fourth-order valence-electron chi connectivity index (χ4n) is 0.537. The summed E-state index contributed by atoms with van der Waals surface area (Å²) < 4.78 is 14.6. The van der Waals surface area contributed by atoms with Gasteiger partial charge in [0.15, 0.2) is 5.75 Å². The minimum atomic E-state index is -0.715. The summed E-state index contributed by atoms with van der Waals surface area (Å²) in [6.45, 7) is 0. The molecule has 48 valence electrons. The summed E-state index contributed by atoms with van der Waals surface area (Å²) in [5.74, 6) is 0.644. The zero-order valence-corrected chi connectivity index (χ0v) is 11.7. The Balaban J connectivity index is 0. The van der Waals surface area contributed by atoms with Gasteiger partial charge in [-0.3, -0.25) is 4.52 Å². The molecular weight excluding hydrogens is 181 g/mol. The van der Waals surface area contributed by atoms with Gasteiger partial charge in [-0.05, 0) is 16.7 Å². The van der Waals surface area contributed by atoms with E-state index in [2.05, 4.69) is 4.52 Å². The molecule has 0 aliphatic rings. The van der Waals surface area contributed by atoms with Crippen LogP contribution in [0, 0.1) is 0 Å². The Bertz CT molecular complexity index is 193. The third kappa shape index (κ3) is 6.30. The molecule has 0 bridgehead atoms. The maximum absolute atomic E-state index is 9.90. The van der Waals surface area contributed by atoms with Crippen LogP contribution in [-0.2, 0) is 4.57 Å². The molecule has 0 aliphatic carbocycles. The van der Waals surface area contributed by atoms with Crippen molar-refractivity contribution in [2.24, 2.45) is 0 Å². The van der Waals surface area contributed by atoms with Gasteiger partial charge < -0.3 is 0 Å². The van der Waals surface area contributed by atoms with E-state index in [0.29, 0.717) is 5.75 Å². The van der Waals surface area contributed by atoms with Gasteiger partial charge in [0.2, 0.25) is 0 Å². The molecule has 0 N–H and O–H groups in total. The molecule has 1 aromatic carbocycles. The predicted molar refractivity (Wildman–Crippen MR) is 47.6 cm³/mol. The van der Waals surface area contributed by atoms with Crippen LogP contribution in [0.4, 0.5) is 0 Å². The van der Waals surface area contributed by atoms with Crippen LogP contribution in [0.3, 0.4) is 0 Å². The largest absolute Gasteiger partial charge is 0.542 e. The van der Waals surface area contributed by atoms with Crippen LogP contribution in [0.15, 0.2) is 30.3 Å². The average Bonchev–Trinajstić information content (AvgIpc) is 1.91. The summed E-state index contributed by atoms with van der Waals surface area (Å²) >= 11 is 0. The third-order valence-electron chi connectivity index (χ3n) is 0.903. The Hall–Kier alpha value is 1.12. The Morgan fingerprint density at radius 1 is 1.09 bits per heavy atom. The van der Waals surface area contributed by atoms with Gasteiger partial charge in [-0.2, -0.15) is 0 Å². The van der Waals surface area contributed by atoms with Gasteiger partial charge in [-0.1, -0.05) is 18.2 Å². The molecule has 0 saturated carbocycles. The Labute approximate surface area is 112 Å². The van der Waals surface area contributed by atoms with Crippen LogP contribution >= 0.6 is 8.69 Å². The molecule has 0 heterocycles. The smallest absolute Gasteiger partial charge is 0.256 e. The quantitative estimate of drug-likeness (QED) is 0.514. The zero-order chi connectivity index (χ0) is 6.53. The topological polar surface area (TPSA) is 26.3 Å². The van der Waals surface area contributed by atoms with Crippen molar-refractivity contribution in [3.63, 3.8) is 0 Å². The normalized spacial score (nSPS) is 7.64. The summed E-state index contributed by atoms with van der Waals surface area (Å²) in [6, 6.07) is 9.04. The molecule has 2 radical (unpaired) electrons. The number of para-hydroxylation sites is 1. The Morgan fingerprint density at radius 2 is 1.64 bits per heavy atom. The first-order valence-electron chi connectivity index (χ1n) is 2.52. The van der Waals surface area contributed by atoms with Gasteiger partial charge in [0.1, 0.15) is 0 Å². The molecule has 1 atom stereocenters. The molecular formula is C6H6Na2O2P+. The minimum Gasteiger partial charge on any atom is -0.256 e. The number of hydrogen-bond donors (Lipinski definition) is 0. The van der Waals surface area contributed by atoms with E-state index >= 15 is 0 Å². The molecule has 2 nitrogen and oxygen atoms in total. The standard InChI is InChI=1S/C6H6O2P.2Na/c7-9-8-6-4-2-1-3-5-6;;/h1-5,9H;;/q+1;;. The Kier molecular flexibility index (Phi) is 12.3. The third-order valence-corrected chi connectivity index (χ3v) is 1.22. The summed E-state index contributed by atoms with van der Waals surface area (Å²) in [7, 11) is -0.715. The van der Waals surface area contributed by atoms with E-state index in [1.54, 1.807) is 12.1 Å². The van der Waals surface area contributed by atoms with Crippen molar-refractivity contribution < 1.29 is 9.09 Å². The van der Waals surface area contributed by atoms with E-state index in [-0.39, 0.29) is 59.1 Å². The van der Waals surface area contributed by atoms with Crippen molar-refractivity contribution in [3.8, 4) is 5.75 Å². The summed E-state index contributed by atoms with van der Waals surface area (Å²) in [5.41, 5.74) is 0. The van der Waals surface area contributed by atoms with E-state index in [1.165, 1.54) is 0 Å². The predicted octanol–water partition coefficient (Wildman–Crippen LogP) is 1.24. The monoisotopic (exact) mass is 187 g/mol. The summed E-state index contributed by atoms with van der Waals surface area (Å²) in [5, 5.41) is 0. The van der Waals surface area contributed by atoms with Crippen molar-refractivity contribution in [3.05, 3.63) is 30.3 Å². The van der Waals surface area contributed by atoms with Gasteiger partial charge in [0.05, 0.1) is 0 Å². The molecule has 0 aliphatic heterocycles. The average molecular weight is 187 g/mol. The van der Waals surface area contributed by atoms with Crippen molar-refractivity contribution in [2.45, 2.75) is 0 Å². The summed E-state index contributed by atoms with van der Waals surface area (Å²) in [6.07, 6.45) is 0. The molecule has 0 spiro atoms. The fourth-order valence-corrected chi connectivity index (χ4v) is 0.769. The van der Waals surface area contributed by atoms with Crippen molar-refractivity contribution >= 4 is 67.8 Å². The van der Waals surface area contributed by atoms with E-state index in [0.717, 1.165) is 0 Å². The Morgan fingerprint density at radius 3 is 2.09 bits per heavy atom. The second-order valence-electron chi connectivity index (χ2n) is 1.50. The molecule has 0 saturated heterocycles. The first-order chi connectivity index (χ1) is 4.43. The molecule has 5 heteroatoms. The molecule has 0 aromatic heterocycles. The zero-order valence-electron chi connectivity index (χ0n) is 6.70. The number of hydrogen-bond acceptors (Lipinski definition) is 2. The van der Waals surface area contributed by atoms with Gasteiger partial charge >= 0.3 is 8.69 Å². The van der Waals surface area contributed by atoms with Crippen LogP contribution in [0.25, 0.3) is 0 Å². The molecule has 11 heavy (non-hydrogen) atoms. The minimum absolute atomic E-state index is 0. The molecule has 0 fully saturated rings. The number of rotatable bonds is 2. The van der Waals surface area contributed by atoms with Crippen LogP contribution in [0.1, 0.15) is 0 Å². The van der Waals surface area contributed by atoms with Crippen LogP contribution < -0.4 is 4.52 Å². The van der Waals surface area contributed by atoms with Gasteiger partial charge in [0, 0.05) is 59.1 Å². The van der Waals surface area contributed by atoms with Crippen molar-refractivity contribution in [2.75, 3.05) is 0 Å². The number of benzene rings is 1. The maximum Gasteiger partial charge on any atom is 0.542 e. The first-order valence-corrected chi connectivity index (χ1v) is 3.34. The summed E-state index contributed by atoms with van der Waals surface area (Å²) in [4.78, 5) is 0. The van der Waals surface area contributed by atoms with E-state index in [4.69, 9.17) is 0 Å². The molecule has 1 unspecified atom stereocenters. The van der Waals surface area contributed by atoms with Crippen LogP contribution in [0.2, 0.25) is 0 Å². The fraction of sp³-hybridized carbons (Fsp3) is 0. The van der Waals surface area contributed by atoms with Gasteiger partial charge in [0.25, 0.3) is 0 Å². The second-order valence-corrected chi connectivity index (χ2v) is 1.87. The van der Waals surface area contributed by atoms with E-state index in [1.807, 2.05) is 18.2 Å².